The Kier molecular flexibility index (Phi) is 2.89. The molecule has 0 radical (unpaired) electrons. The van der Waals surface area contributed by atoms with Crippen molar-refractivity contribution in [3.05, 3.63) is 18.7 Å². The van der Waals surface area contributed by atoms with E-state index in [9.17, 15) is 9.59 Å². The first-order chi connectivity index (χ1) is 7.68. The van der Waals surface area contributed by atoms with E-state index in [0.717, 1.165) is 6.42 Å². The van der Waals surface area contributed by atoms with Gasteiger partial charge in [0.25, 0.3) is 0 Å². The third kappa shape index (κ3) is 2.05. The minimum Gasteiger partial charge on any atom is -0.447 e. The van der Waals surface area contributed by atoms with E-state index in [4.69, 9.17) is 4.74 Å². The Morgan fingerprint density at radius 1 is 1.69 bits per heavy atom. The molecule has 1 saturated heterocycles. The molecule has 0 aliphatic carbocycles. The summed E-state index contributed by atoms with van der Waals surface area (Å²) in [7, 11) is 1.73. The number of rotatable bonds is 2. The molecule has 16 heavy (non-hydrogen) atoms. The van der Waals surface area contributed by atoms with Crippen molar-refractivity contribution in [1.29, 1.82) is 0 Å². The summed E-state index contributed by atoms with van der Waals surface area (Å²) in [5.41, 5.74) is 0. The van der Waals surface area contributed by atoms with Crippen molar-refractivity contribution in [3.63, 3.8) is 0 Å². The van der Waals surface area contributed by atoms with Crippen LogP contribution in [0.2, 0.25) is 0 Å². The van der Waals surface area contributed by atoms with E-state index in [1.165, 1.54) is 23.3 Å². The Hall–Kier alpha value is -1.85. The van der Waals surface area contributed by atoms with Crippen LogP contribution in [0.1, 0.15) is 12.8 Å². The average Bonchev–Trinajstić information content (AvgIpc) is 2.89. The molecule has 0 saturated carbocycles. The second-order valence-corrected chi connectivity index (χ2v) is 3.74. The quantitative estimate of drug-likeness (QED) is 0.731. The highest BCUT2D eigenvalue weighted by atomic mass is 16.5. The predicted octanol–water partition coefficient (Wildman–Crippen LogP) is 0.489. The van der Waals surface area contributed by atoms with Crippen LogP contribution in [0.25, 0.3) is 0 Å². The van der Waals surface area contributed by atoms with Crippen LogP contribution in [0, 0.1) is 0 Å². The number of amides is 1. The lowest BCUT2D eigenvalue weighted by molar-refractivity contribution is -0.128. The molecular formula is C10H13N3O3. The fourth-order valence-electron chi connectivity index (χ4n) is 1.67. The number of aromatic nitrogens is 2. The predicted molar refractivity (Wildman–Crippen MR) is 54.8 cm³/mol. The molecule has 1 atom stereocenters. The molecule has 1 aliphatic heterocycles. The molecule has 0 spiro atoms. The molecule has 1 unspecified atom stereocenters. The minimum atomic E-state index is -0.467. The van der Waals surface area contributed by atoms with Crippen LogP contribution in [0.5, 0.6) is 0 Å². The zero-order chi connectivity index (χ0) is 11.5. The van der Waals surface area contributed by atoms with E-state index in [1.807, 2.05) is 0 Å². The number of hydrogen-bond acceptors (Lipinski definition) is 4. The zero-order valence-electron chi connectivity index (χ0n) is 9.00. The van der Waals surface area contributed by atoms with Gasteiger partial charge in [-0.05, 0) is 6.42 Å². The maximum atomic E-state index is 11.4. The van der Waals surface area contributed by atoms with Gasteiger partial charge in [-0.2, -0.15) is 0 Å². The molecule has 6 nitrogen and oxygen atoms in total. The molecule has 1 aromatic heterocycles. The van der Waals surface area contributed by atoms with E-state index in [0.29, 0.717) is 6.42 Å². The fraction of sp³-hybridized carbons (Fsp3) is 0.500. The Morgan fingerprint density at radius 3 is 3.06 bits per heavy atom. The van der Waals surface area contributed by atoms with Crippen LogP contribution in [0.3, 0.4) is 0 Å². The lowest BCUT2D eigenvalue weighted by atomic mass is 10.2. The zero-order valence-corrected chi connectivity index (χ0v) is 9.00. The van der Waals surface area contributed by atoms with Crippen molar-refractivity contribution in [1.82, 2.24) is 14.5 Å². The van der Waals surface area contributed by atoms with Gasteiger partial charge < -0.3 is 9.64 Å². The molecule has 6 heteroatoms. The first-order valence-electron chi connectivity index (χ1n) is 5.09. The molecule has 1 aliphatic rings. The summed E-state index contributed by atoms with van der Waals surface area (Å²) in [6, 6.07) is -0.0000265. The van der Waals surface area contributed by atoms with Gasteiger partial charge in [0.15, 0.2) is 0 Å². The van der Waals surface area contributed by atoms with Crippen LogP contribution in [-0.2, 0) is 9.53 Å². The molecule has 2 rings (SSSR count). The van der Waals surface area contributed by atoms with Crippen molar-refractivity contribution >= 4 is 12.0 Å². The second-order valence-electron chi connectivity index (χ2n) is 3.74. The number of hydrogen-bond donors (Lipinski definition) is 0. The van der Waals surface area contributed by atoms with Crippen molar-refractivity contribution in [2.45, 2.75) is 18.9 Å². The lowest BCUT2D eigenvalue weighted by Gasteiger charge is -2.19. The maximum Gasteiger partial charge on any atom is 0.419 e. The first kappa shape index (κ1) is 10.7. The van der Waals surface area contributed by atoms with Crippen molar-refractivity contribution < 1.29 is 14.3 Å². The van der Waals surface area contributed by atoms with Crippen molar-refractivity contribution in [3.8, 4) is 0 Å². The Labute approximate surface area is 92.8 Å². The number of likely N-dealkylation sites (tertiary alicyclic amines) is 1. The van der Waals surface area contributed by atoms with Gasteiger partial charge in [0, 0.05) is 25.9 Å². The number of nitrogens with zero attached hydrogens (tertiary/aromatic N) is 3. The van der Waals surface area contributed by atoms with Gasteiger partial charge in [-0.25, -0.2) is 14.3 Å². The van der Waals surface area contributed by atoms with E-state index in [1.54, 1.807) is 11.9 Å². The van der Waals surface area contributed by atoms with E-state index < -0.39 is 6.09 Å². The number of carbonyl (C=O) groups is 2. The summed E-state index contributed by atoms with van der Waals surface area (Å²) in [4.78, 5) is 28.0. The highest BCUT2D eigenvalue weighted by Crippen LogP contribution is 2.16. The Morgan fingerprint density at radius 2 is 2.50 bits per heavy atom. The summed E-state index contributed by atoms with van der Waals surface area (Å²) in [5.74, 6) is 0.101. The highest BCUT2D eigenvalue weighted by molar-refractivity contribution is 5.78. The van der Waals surface area contributed by atoms with E-state index in [-0.39, 0.29) is 18.6 Å². The van der Waals surface area contributed by atoms with Crippen LogP contribution in [-0.4, -0.2) is 46.1 Å². The maximum absolute atomic E-state index is 11.4. The van der Waals surface area contributed by atoms with Gasteiger partial charge >= 0.3 is 6.09 Å². The largest absolute Gasteiger partial charge is 0.447 e. The van der Waals surface area contributed by atoms with Crippen molar-refractivity contribution in [2.75, 3.05) is 13.7 Å². The molecule has 1 aromatic rings. The Balaban J connectivity index is 1.84. The van der Waals surface area contributed by atoms with E-state index in [2.05, 4.69) is 4.98 Å². The third-order valence-electron chi connectivity index (χ3n) is 2.75. The molecule has 0 N–H and O–H groups in total. The highest BCUT2D eigenvalue weighted by Gasteiger charge is 2.28. The average molecular weight is 223 g/mol. The molecule has 2 heterocycles. The van der Waals surface area contributed by atoms with Crippen LogP contribution >= 0.6 is 0 Å². The van der Waals surface area contributed by atoms with Gasteiger partial charge in [-0.15, -0.1) is 0 Å². The number of imidazole rings is 1. The molecule has 86 valence electrons. The second kappa shape index (κ2) is 4.34. The standard InChI is InChI=1S/C10H13N3O3/c1-12-8(2-3-9(12)14)6-16-10(15)13-5-4-11-7-13/h4-5,7-8H,2-3,6H2,1H3. The summed E-state index contributed by atoms with van der Waals surface area (Å²) in [6.07, 6.45) is 5.21. The number of carbonyl (C=O) groups excluding carboxylic acids is 2. The first-order valence-corrected chi connectivity index (χ1v) is 5.09. The van der Waals surface area contributed by atoms with Crippen LogP contribution in [0.15, 0.2) is 18.7 Å². The van der Waals surface area contributed by atoms with Gasteiger partial charge in [-0.1, -0.05) is 0 Å². The van der Waals surface area contributed by atoms with Gasteiger partial charge in [0.05, 0.1) is 6.04 Å². The van der Waals surface area contributed by atoms with Crippen LogP contribution in [0.4, 0.5) is 4.79 Å². The molecule has 0 bridgehead atoms. The van der Waals surface area contributed by atoms with Gasteiger partial charge in [-0.3, -0.25) is 4.79 Å². The summed E-state index contributed by atoms with van der Waals surface area (Å²) in [6.45, 7) is 0.235. The normalized spacial score (nSPS) is 20.2. The smallest absolute Gasteiger partial charge is 0.419 e. The van der Waals surface area contributed by atoms with Crippen molar-refractivity contribution in [2.24, 2.45) is 0 Å². The lowest BCUT2D eigenvalue weighted by Crippen LogP contribution is -2.33. The molecule has 1 amide bonds. The fourth-order valence-corrected chi connectivity index (χ4v) is 1.67. The molecular weight excluding hydrogens is 210 g/mol. The third-order valence-corrected chi connectivity index (χ3v) is 2.75. The van der Waals surface area contributed by atoms with Crippen LogP contribution < -0.4 is 0 Å². The number of likely N-dealkylation sites (N-methyl/N-ethyl adjacent to an activating group) is 1. The SMILES string of the molecule is CN1C(=O)CCC1COC(=O)n1ccnc1. The molecule has 1 fully saturated rings. The van der Waals surface area contributed by atoms with Gasteiger partial charge in [0.2, 0.25) is 5.91 Å². The topological polar surface area (TPSA) is 64.4 Å². The molecule has 0 aromatic carbocycles. The monoisotopic (exact) mass is 223 g/mol. The summed E-state index contributed by atoms with van der Waals surface area (Å²) in [5, 5.41) is 0. The number of ether oxygens (including phenoxy) is 1. The Bertz CT molecular complexity index is 388. The summed E-state index contributed by atoms with van der Waals surface area (Å²) >= 11 is 0. The minimum absolute atomic E-state index is 0.0000265. The van der Waals surface area contributed by atoms with Gasteiger partial charge in [0.1, 0.15) is 12.9 Å². The van der Waals surface area contributed by atoms with E-state index >= 15 is 0 Å². The summed E-state index contributed by atoms with van der Waals surface area (Å²) < 4.78 is 6.34.